The largest absolute Gasteiger partial charge is 0.422 e. The lowest BCUT2D eigenvalue weighted by atomic mass is 10.1. The van der Waals surface area contributed by atoms with Crippen molar-refractivity contribution in [3.05, 3.63) is 34.4 Å². The Labute approximate surface area is 83.5 Å². The molecule has 0 spiro atoms. The summed E-state index contributed by atoms with van der Waals surface area (Å²) in [6, 6.07) is 0. The molecule has 1 aromatic rings. The summed E-state index contributed by atoms with van der Waals surface area (Å²) in [6.07, 6.45) is -5.61. The second kappa shape index (κ2) is 3.91. The summed E-state index contributed by atoms with van der Waals surface area (Å²) < 4.78 is 98.8. The lowest BCUT2D eigenvalue weighted by Crippen LogP contribution is -2.16. The van der Waals surface area contributed by atoms with Crippen molar-refractivity contribution in [3.63, 3.8) is 0 Å². The summed E-state index contributed by atoms with van der Waals surface area (Å²) in [7, 11) is 0. The molecule has 0 heterocycles. The summed E-state index contributed by atoms with van der Waals surface area (Å²) >= 11 is 0. The molecule has 0 aromatic heterocycles. The van der Waals surface area contributed by atoms with Crippen molar-refractivity contribution in [1.29, 1.82) is 0 Å². The highest BCUT2D eigenvalue weighted by molar-refractivity contribution is 5.31. The highest BCUT2D eigenvalue weighted by atomic mass is 19.4. The molecular weight excluding hydrogens is 248 g/mol. The summed E-state index contributed by atoms with van der Waals surface area (Å²) in [4.78, 5) is 0. The predicted octanol–water partition coefficient (Wildman–Crippen LogP) is 3.73. The Hall–Kier alpha value is -1.34. The van der Waals surface area contributed by atoms with Crippen LogP contribution in [-0.2, 0) is 12.9 Å². The molecule has 0 nitrogen and oxygen atoms in total. The van der Waals surface area contributed by atoms with Crippen molar-refractivity contribution in [2.45, 2.75) is 12.9 Å². The van der Waals surface area contributed by atoms with Gasteiger partial charge in [-0.3, -0.25) is 0 Å². The Morgan fingerprint density at radius 1 is 0.750 bits per heavy atom. The monoisotopic (exact) mass is 250 g/mol. The molecule has 1 aromatic carbocycles. The van der Waals surface area contributed by atoms with Gasteiger partial charge in [0.25, 0.3) is 0 Å². The van der Waals surface area contributed by atoms with Crippen LogP contribution < -0.4 is 0 Å². The maximum Gasteiger partial charge on any atom is 0.422 e. The minimum Gasteiger partial charge on any atom is -0.246 e. The highest BCUT2D eigenvalue weighted by Crippen LogP contribution is 2.36. The van der Waals surface area contributed by atoms with E-state index in [0.29, 0.717) is 0 Å². The van der Waals surface area contributed by atoms with Crippen LogP contribution in [-0.4, -0.2) is 0 Å². The Balaban J connectivity index is 3.67. The smallest absolute Gasteiger partial charge is 0.246 e. The van der Waals surface area contributed by atoms with Crippen molar-refractivity contribution in [3.8, 4) is 0 Å². The second-order valence-corrected chi connectivity index (χ2v) is 2.74. The standard InChI is InChI=1S/C8H2F8/c9-1-2-4(10)6(12)3(8(14,15)16)7(13)5(2)11/h1H2. The van der Waals surface area contributed by atoms with Gasteiger partial charge in [0.15, 0.2) is 23.3 Å². The maximum atomic E-state index is 12.7. The average Bonchev–Trinajstić information content (AvgIpc) is 2.14. The molecular formula is C8H2F8. The van der Waals surface area contributed by atoms with E-state index in [9.17, 15) is 35.1 Å². The van der Waals surface area contributed by atoms with Gasteiger partial charge in [-0.2, -0.15) is 13.2 Å². The third-order valence-electron chi connectivity index (χ3n) is 1.77. The molecule has 0 radical (unpaired) electrons. The zero-order chi connectivity index (χ0) is 12.7. The molecule has 0 N–H and O–H groups in total. The van der Waals surface area contributed by atoms with Crippen molar-refractivity contribution in [2.24, 2.45) is 0 Å². The molecule has 0 aliphatic heterocycles. The van der Waals surface area contributed by atoms with E-state index in [1.807, 2.05) is 0 Å². The molecule has 0 aliphatic rings. The van der Waals surface area contributed by atoms with Gasteiger partial charge in [0.2, 0.25) is 0 Å². The van der Waals surface area contributed by atoms with Crippen LogP contribution in [0.4, 0.5) is 35.1 Å². The molecule has 0 amide bonds. The molecule has 16 heavy (non-hydrogen) atoms. The van der Waals surface area contributed by atoms with Gasteiger partial charge in [0.05, 0.1) is 5.56 Å². The van der Waals surface area contributed by atoms with Crippen molar-refractivity contribution in [1.82, 2.24) is 0 Å². The van der Waals surface area contributed by atoms with E-state index in [2.05, 4.69) is 0 Å². The number of halogens is 8. The first-order valence-electron chi connectivity index (χ1n) is 3.69. The number of alkyl halides is 4. The third kappa shape index (κ3) is 1.83. The van der Waals surface area contributed by atoms with Crippen molar-refractivity contribution in [2.75, 3.05) is 0 Å². The Bertz CT molecular complexity index is 390. The lowest BCUT2D eigenvalue weighted by molar-refractivity contribution is -0.143. The van der Waals surface area contributed by atoms with Gasteiger partial charge >= 0.3 is 6.18 Å². The molecule has 0 saturated carbocycles. The molecule has 0 aliphatic carbocycles. The van der Waals surface area contributed by atoms with Crippen molar-refractivity contribution < 1.29 is 35.1 Å². The Kier molecular flexibility index (Phi) is 3.11. The molecule has 90 valence electrons. The summed E-state index contributed by atoms with van der Waals surface area (Å²) in [5, 5.41) is 0. The zero-order valence-corrected chi connectivity index (χ0v) is 7.23. The molecule has 0 atom stereocenters. The molecule has 1 rings (SSSR count). The quantitative estimate of drug-likeness (QED) is 0.526. The van der Waals surface area contributed by atoms with E-state index in [0.717, 1.165) is 0 Å². The summed E-state index contributed by atoms with van der Waals surface area (Å²) in [5.41, 5.74) is -4.41. The SMILES string of the molecule is FCc1c(F)c(F)c(C(F)(F)F)c(F)c1F. The first-order valence-corrected chi connectivity index (χ1v) is 3.69. The Morgan fingerprint density at radius 3 is 1.38 bits per heavy atom. The van der Waals surface area contributed by atoms with E-state index >= 15 is 0 Å². The van der Waals surface area contributed by atoms with E-state index in [1.165, 1.54) is 0 Å². The number of benzene rings is 1. The van der Waals surface area contributed by atoms with Crippen LogP contribution in [0.1, 0.15) is 11.1 Å². The fourth-order valence-corrected chi connectivity index (χ4v) is 1.04. The minimum atomic E-state index is -5.61. The topological polar surface area (TPSA) is 0 Å². The first kappa shape index (κ1) is 12.7. The van der Waals surface area contributed by atoms with Gasteiger partial charge in [0.1, 0.15) is 12.2 Å². The van der Waals surface area contributed by atoms with E-state index in [-0.39, 0.29) is 0 Å². The van der Waals surface area contributed by atoms with E-state index in [4.69, 9.17) is 0 Å². The average molecular weight is 250 g/mol. The minimum absolute atomic E-state index is 1.71. The van der Waals surface area contributed by atoms with Crippen molar-refractivity contribution >= 4 is 0 Å². The molecule has 0 unspecified atom stereocenters. The van der Waals surface area contributed by atoms with Gasteiger partial charge in [-0.15, -0.1) is 0 Å². The fraction of sp³-hybridized carbons (Fsp3) is 0.250. The predicted molar refractivity (Wildman–Crippen MR) is 36.1 cm³/mol. The van der Waals surface area contributed by atoms with Gasteiger partial charge in [0, 0.05) is 0 Å². The van der Waals surface area contributed by atoms with Crippen LogP contribution in [0.3, 0.4) is 0 Å². The zero-order valence-electron chi connectivity index (χ0n) is 7.23. The van der Waals surface area contributed by atoms with E-state index < -0.39 is 47.2 Å². The highest BCUT2D eigenvalue weighted by Gasteiger charge is 2.42. The molecule has 8 heteroatoms. The third-order valence-corrected chi connectivity index (χ3v) is 1.77. The summed E-state index contributed by atoms with van der Waals surface area (Å²) in [5.74, 6) is -10.1. The number of hydrogen-bond donors (Lipinski definition) is 0. The lowest BCUT2D eigenvalue weighted by Gasteiger charge is -2.12. The molecule has 0 saturated heterocycles. The molecule has 0 fully saturated rings. The van der Waals surface area contributed by atoms with Crippen LogP contribution >= 0.6 is 0 Å². The van der Waals surface area contributed by atoms with Crippen LogP contribution in [0.5, 0.6) is 0 Å². The maximum absolute atomic E-state index is 12.7. The number of hydrogen-bond acceptors (Lipinski definition) is 0. The van der Waals surface area contributed by atoms with Crippen LogP contribution in [0.15, 0.2) is 0 Å². The summed E-state index contributed by atoms with van der Waals surface area (Å²) in [6.45, 7) is -1.95. The Morgan fingerprint density at radius 2 is 1.12 bits per heavy atom. The van der Waals surface area contributed by atoms with Crippen LogP contribution in [0, 0.1) is 23.3 Å². The fourth-order valence-electron chi connectivity index (χ4n) is 1.04. The molecule has 0 bridgehead atoms. The van der Waals surface area contributed by atoms with E-state index in [1.54, 1.807) is 0 Å². The van der Waals surface area contributed by atoms with Crippen LogP contribution in [0.25, 0.3) is 0 Å². The van der Waals surface area contributed by atoms with Gasteiger partial charge < -0.3 is 0 Å². The van der Waals surface area contributed by atoms with Crippen LogP contribution in [0.2, 0.25) is 0 Å². The second-order valence-electron chi connectivity index (χ2n) is 2.74. The first-order chi connectivity index (χ1) is 7.21. The van der Waals surface area contributed by atoms with Gasteiger partial charge in [-0.1, -0.05) is 0 Å². The number of rotatable bonds is 1. The van der Waals surface area contributed by atoms with Gasteiger partial charge in [-0.05, 0) is 0 Å². The normalized spacial score (nSPS) is 12.0. The van der Waals surface area contributed by atoms with Gasteiger partial charge in [-0.25, -0.2) is 22.0 Å².